The van der Waals surface area contributed by atoms with Gasteiger partial charge in [-0.25, -0.2) is 9.78 Å². The van der Waals surface area contributed by atoms with Gasteiger partial charge in [-0.15, -0.1) is 0 Å². The van der Waals surface area contributed by atoms with E-state index in [-0.39, 0.29) is 11.6 Å². The maximum atomic E-state index is 10.7. The molecule has 6 nitrogen and oxygen atoms in total. The van der Waals surface area contributed by atoms with E-state index in [0.717, 1.165) is 6.54 Å². The molecule has 1 heterocycles. The Bertz CT molecular complexity index is 380. The second kappa shape index (κ2) is 5.41. The zero-order chi connectivity index (χ0) is 12.1. The van der Waals surface area contributed by atoms with E-state index in [2.05, 4.69) is 9.97 Å². The molecule has 0 bridgehead atoms. The van der Waals surface area contributed by atoms with Gasteiger partial charge in [-0.05, 0) is 21.0 Å². The van der Waals surface area contributed by atoms with Crippen molar-refractivity contribution in [2.45, 2.75) is 6.92 Å². The number of carboxylic acid groups (broad SMARTS) is 1. The summed E-state index contributed by atoms with van der Waals surface area (Å²) in [5, 5.41) is 8.78. The molecule has 0 spiro atoms. The Hall–Kier alpha value is -1.69. The number of aryl methyl sites for hydroxylation is 1. The van der Waals surface area contributed by atoms with Gasteiger partial charge in [0.2, 0.25) is 0 Å². The van der Waals surface area contributed by atoms with Crippen molar-refractivity contribution in [2.75, 3.05) is 27.2 Å². The van der Waals surface area contributed by atoms with Crippen LogP contribution in [0.3, 0.4) is 0 Å². The fourth-order valence-electron chi connectivity index (χ4n) is 1.04. The van der Waals surface area contributed by atoms with Gasteiger partial charge in [0.25, 0.3) is 0 Å². The molecule has 0 radical (unpaired) electrons. The summed E-state index contributed by atoms with van der Waals surface area (Å²) in [5.74, 6) is -1.03. The molecule has 0 aliphatic heterocycles. The quantitative estimate of drug-likeness (QED) is 0.782. The molecule has 0 saturated carbocycles. The Morgan fingerprint density at radius 3 is 2.75 bits per heavy atom. The molecule has 1 aromatic rings. The number of hydrogen-bond acceptors (Lipinski definition) is 5. The van der Waals surface area contributed by atoms with Crippen molar-refractivity contribution in [3.63, 3.8) is 0 Å². The summed E-state index contributed by atoms with van der Waals surface area (Å²) in [5.41, 5.74) is 0.502. The van der Waals surface area contributed by atoms with Crippen molar-refractivity contribution in [1.29, 1.82) is 0 Å². The summed E-state index contributed by atoms with van der Waals surface area (Å²) in [6.45, 7) is 2.84. The lowest BCUT2D eigenvalue weighted by Gasteiger charge is -2.10. The van der Waals surface area contributed by atoms with E-state index in [1.807, 2.05) is 19.0 Å². The van der Waals surface area contributed by atoms with E-state index >= 15 is 0 Å². The lowest BCUT2D eigenvalue weighted by molar-refractivity contribution is 0.0695. The molecule has 0 saturated heterocycles. The van der Waals surface area contributed by atoms with Crippen LogP contribution in [0.5, 0.6) is 6.01 Å². The predicted molar refractivity (Wildman–Crippen MR) is 57.8 cm³/mol. The monoisotopic (exact) mass is 225 g/mol. The van der Waals surface area contributed by atoms with Gasteiger partial charge in [0, 0.05) is 12.7 Å². The second-order valence-corrected chi connectivity index (χ2v) is 3.61. The maximum absolute atomic E-state index is 10.7. The molecule has 0 atom stereocenters. The summed E-state index contributed by atoms with van der Waals surface area (Å²) in [4.78, 5) is 20.5. The van der Waals surface area contributed by atoms with Crippen LogP contribution in [0, 0.1) is 6.92 Å². The summed E-state index contributed by atoms with van der Waals surface area (Å²) in [6, 6.07) is 0.212. The molecule has 0 unspecified atom stereocenters. The Morgan fingerprint density at radius 1 is 1.56 bits per heavy atom. The number of likely N-dealkylation sites (N-methyl/N-ethyl adjacent to an activating group) is 1. The number of aromatic carboxylic acids is 1. The molecule has 88 valence electrons. The normalized spacial score (nSPS) is 10.5. The zero-order valence-electron chi connectivity index (χ0n) is 9.60. The Kier molecular flexibility index (Phi) is 4.19. The SMILES string of the molecule is Cc1nc(OCCN(C)C)ncc1C(=O)O. The third-order valence-corrected chi connectivity index (χ3v) is 1.96. The largest absolute Gasteiger partial charge is 0.478 e. The summed E-state index contributed by atoms with van der Waals surface area (Å²) in [7, 11) is 3.87. The third-order valence-electron chi connectivity index (χ3n) is 1.96. The highest BCUT2D eigenvalue weighted by atomic mass is 16.5. The highest BCUT2D eigenvalue weighted by molar-refractivity contribution is 5.88. The first-order chi connectivity index (χ1) is 7.50. The Balaban J connectivity index is 2.63. The van der Waals surface area contributed by atoms with E-state index in [1.165, 1.54) is 6.20 Å². The first-order valence-electron chi connectivity index (χ1n) is 4.85. The van der Waals surface area contributed by atoms with Crippen LogP contribution in [-0.2, 0) is 0 Å². The molecule has 16 heavy (non-hydrogen) atoms. The summed E-state index contributed by atoms with van der Waals surface area (Å²) >= 11 is 0. The molecular weight excluding hydrogens is 210 g/mol. The van der Waals surface area contributed by atoms with Gasteiger partial charge in [0.15, 0.2) is 0 Å². The minimum Gasteiger partial charge on any atom is -0.478 e. The molecule has 0 amide bonds. The highest BCUT2D eigenvalue weighted by Crippen LogP contribution is 2.08. The van der Waals surface area contributed by atoms with Crippen LogP contribution in [-0.4, -0.2) is 53.2 Å². The number of ether oxygens (including phenoxy) is 1. The van der Waals surface area contributed by atoms with Crippen molar-refractivity contribution >= 4 is 5.97 Å². The van der Waals surface area contributed by atoms with E-state index < -0.39 is 5.97 Å². The van der Waals surface area contributed by atoms with Crippen LogP contribution in [0.25, 0.3) is 0 Å². The Morgan fingerprint density at radius 2 is 2.25 bits per heavy atom. The van der Waals surface area contributed by atoms with Gasteiger partial charge in [0.1, 0.15) is 6.61 Å². The van der Waals surface area contributed by atoms with E-state index in [4.69, 9.17) is 9.84 Å². The second-order valence-electron chi connectivity index (χ2n) is 3.61. The van der Waals surface area contributed by atoms with Crippen LogP contribution < -0.4 is 4.74 Å². The molecule has 0 fully saturated rings. The summed E-state index contributed by atoms with van der Waals surface area (Å²) < 4.78 is 5.28. The standard InChI is InChI=1S/C10H15N3O3/c1-7-8(9(14)15)6-11-10(12-7)16-5-4-13(2)3/h6H,4-5H2,1-3H3,(H,14,15). The third kappa shape index (κ3) is 3.47. The predicted octanol–water partition coefficient (Wildman–Crippen LogP) is 0.424. The van der Waals surface area contributed by atoms with Crippen LogP contribution in [0.4, 0.5) is 0 Å². The molecule has 0 aromatic carbocycles. The number of hydrogen-bond donors (Lipinski definition) is 1. The molecule has 6 heteroatoms. The van der Waals surface area contributed by atoms with Crippen molar-refractivity contribution in [2.24, 2.45) is 0 Å². The van der Waals surface area contributed by atoms with Gasteiger partial charge >= 0.3 is 12.0 Å². The van der Waals surface area contributed by atoms with Gasteiger partial charge in [-0.2, -0.15) is 4.98 Å². The molecular formula is C10H15N3O3. The average molecular weight is 225 g/mol. The number of carboxylic acids is 1. The van der Waals surface area contributed by atoms with E-state index in [9.17, 15) is 4.79 Å². The Labute approximate surface area is 93.9 Å². The average Bonchev–Trinajstić information content (AvgIpc) is 2.16. The van der Waals surface area contributed by atoms with Gasteiger partial charge in [0.05, 0.1) is 11.3 Å². The van der Waals surface area contributed by atoms with Crippen LogP contribution in [0.15, 0.2) is 6.20 Å². The lowest BCUT2D eigenvalue weighted by atomic mass is 10.2. The van der Waals surface area contributed by atoms with E-state index in [1.54, 1.807) is 6.92 Å². The van der Waals surface area contributed by atoms with E-state index in [0.29, 0.717) is 12.3 Å². The molecule has 1 rings (SSSR count). The van der Waals surface area contributed by atoms with Crippen molar-refractivity contribution in [1.82, 2.24) is 14.9 Å². The highest BCUT2D eigenvalue weighted by Gasteiger charge is 2.10. The molecule has 1 N–H and O–H groups in total. The van der Waals surface area contributed by atoms with Gasteiger partial charge in [-0.3, -0.25) is 0 Å². The fraction of sp³-hybridized carbons (Fsp3) is 0.500. The minimum absolute atomic E-state index is 0.0972. The first kappa shape index (κ1) is 12.4. The van der Waals surface area contributed by atoms with Crippen molar-refractivity contribution < 1.29 is 14.6 Å². The van der Waals surface area contributed by atoms with Crippen LogP contribution >= 0.6 is 0 Å². The van der Waals surface area contributed by atoms with Crippen molar-refractivity contribution in [3.05, 3.63) is 17.5 Å². The minimum atomic E-state index is -1.03. The molecule has 0 aliphatic rings. The zero-order valence-corrected chi connectivity index (χ0v) is 9.60. The number of carbonyl (C=O) groups is 1. The number of aromatic nitrogens is 2. The fourth-order valence-corrected chi connectivity index (χ4v) is 1.04. The van der Waals surface area contributed by atoms with Crippen molar-refractivity contribution in [3.8, 4) is 6.01 Å². The van der Waals surface area contributed by atoms with Crippen LogP contribution in [0.2, 0.25) is 0 Å². The maximum Gasteiger partial charge on any atom is 0.339 e. The number of nitrogens with zero attached hydrogens (tertiary/aromatic N) is 3. The topological polar surface area (TPSA) is 75.5 Å². The van der Waals surface area contributed by atoms with Crippen LogP contribution in [0.1, 0.15) is 16.1 Å². The smallest absolute Gasteiger partial charge is 0.339 e. The number of rotatable bonds is 5. The van der Waals surface area contributed by atoms with Gasteiger partial charge in [-0.1, -0.05) is 0 Å². The summed E-state index contributed by atoms with van der Waals surface area (Å²) in [6.07, 6.45) is 1.26. The van der Waals surface area contributed by atoms with Gasteiger partial charge < -0.3 is 14.7 Å². The molecule has 0 aliphatic carbocycles. The lowest BCUT2D eigenvalue weighted by Crippen LogP contribution is -2.20. The first-order valence-corrected chi connectivity index (χ1v) is 4.85. The molecule has 1 aromatic heterocycles.